The zero-order valence-corrected chi connectivity index (χ0v) is 14.0. The Kier molecular flexibility index (Phi) is 10.3. The molecule has 0 amide bonds. The van der Waals surface area contributed by atoms with E-state index in [0.29, 0.717) is 0 Å². The molecule has 0 aromatic heterocycles. The summed E-state index contributed by atoms with van der Waals surface area (Å²) >= 11 is 0. The van der Waals surface area contributed by atoms with Crippen molar-refractivity contribution in [2.75, 3.05) is 27.4 Å². The van der Waals surface area contributed by atoms with Gasteiger partial charge in [-0.15, -0.1) is 0 Å². The van der Waals surface area contributed by atoms with Crippen molar-refractivity contribution in [3.63, 3.8) is 0 Å². The molecule has 8 nitrogen and oxygen atoms in total. The fourth-order valence-corrected chi connectivity index (χ4v) is 1.25. The molecule has 0 bridgehead atoms. The molecule has 0 heterocycles. The number of ether oxygens (including phenoxy) is 4. The van der Waals surface area contributed by atoms with Crippen LogP contribution in [0, 0.1) is 11.8 Å². The summed E-state index contributed by atoms with van der Waals surface area (Å²) in [4.78, 5) is 30.8. The normalized spacial score (nSPS) is 16.1. The van der Waals surface area contributed by atoms with E-state index in [-0.39, 0.29) is 37.3 Å². The van der Waals surface area contributed by atoms with Gasteiger partial charge in [0.25, 0.3) is 0 Å². The smallest absolute Gasteiger partial charge is 0.431 e. The Hall–Kier alpha value is -1.54. The lowest BCUT2D eigenvalue weighted by Gasteiger charge is -2.18. The van der Waals surface area contributed by atoms with E-state index in [1.807, 2.05) is 27.7 Å². The fourth-order valence-electron chi connectivity index (χ4n) is 1.25. The molecule has 130 valence electrons. The first kappa shape index (κ1) is 20.5. The zero-order chi connectivity index (χ0) is 17.1. The van der Waals surface area contributed by atoms with Crippen LogP contribution in [-0.2, 0) is 28.7 Å². The minimum absolute atomic E-state index is 0.0270. The highest BCUT2D eigenvalue weighted by Crippen LogP contribution is 2.08. The Bertz CT molecular complexity index is 301. The van der Waals surface area contributed by atoms with E-state index in [0.717, 1.165) is 0 Å². The van der Waals surface area contributed by atoms with E-state index in [1.165, 1.54) is 0 Å². The van der Waals surface area contributed by atoms with Crippen molar-refractivity contribution in [1.82, 2.24) is 0 Å². The Morgan fingerprint density at radius 3 is 1.32 bits per heavy atom. The highest BCUT2D eigenvalue weighted by molar-refractivity contribution is 5.63. The van der Waals surface area contributed by atoms with Gasteiger partial charge >= 0.3 is 12.3 Å². The first-order valence-corrected chi connectivity index (χ1v) is 7.05. The number of methoxy groups -OCH3 is 2. The van der Waals surface area contributed by atoms with E-state index < -0.39 is 12.3 Å². The van der Waals surface area contributed by atoms with Crippen LogP contribution in [0.2, 0.25) is 0 Å². The van der Waals surface area contributed by atoms with Crippen LogP contribution in [0.1, 0.15) is 27.7 Å². The van der Waals surface area contributed by atoms with Crippen molar-refractivity contribution in [3.05, 3.63) is 0 Å². The third kappa shape index (κ3) is 8.68. The standard InChI is InChI=1S/C14H26O8/c1-9(11(3)17-5)7-19-13(15)21-22-14(16)20-8-10(2)12(4)18-6/h9-12H,7-8H2,1-6H3. The lowest BCUT2D eigenvalue weighted by atomic mass is 10.1. The van der Waals surface area contributed by atoms with Gasteiger partial charge in [-0.05, 0) is 13.8 Å². The predicted molar refractivity (Wildman–Crippen MR) is 76.1 cm³/mol. The largest absolute Gasteiger partial charge is 0.550 e. The minimum Gasteiger partial charge on any atom is -0.431 e. The number of hydrogen-bond donors (Lipinski definition) is 0. The summed E-state index contributed by atoms with van der Waals surface area (Å²) < 4.78 is 19.7. The molecule has 22 heavy (non-hydrogen) atoms. The molecule has 0 N–H and O–H groups in total. The molecular weight excluding hydrogens is 296 g/mol. The Morgan fingerprint density at radius 2 is 1.05 bits per heavy atom. The minimum atomic E-state index is -1.12. The summed E-state index contributed by atoms with van der Waals surface area (Å²) in [7, 11) is 3.12. The maximum Gasteiger partial charge on any atom is 0.550 e. The number of carbonyl (C=O) groups is 2. The van der Waals surface area contributed by atoms with Crippen molar-refractivity contribution in [1.29, 1.82) is 0 Å². The van der Waals surface area contributed by atoms with Gasteiger partial charge < -0.3 is 18.9 Å². The Labute approximate surface area is 130 Å². The maximum absolute atomic E-state index is 11.2. The molecule has 0 saturated heterocycles. The van der Waals surface area contributed by atoms with Crippen molar-refractivity contribution in [3.8, 4) is 0 Å². The molecule has 0 aliphatic heterocycles. The van der Waals surface area contributed by atoms with Crippen LogP contribution in [0.3, 0.4) is 0 Å². The first-order valence-electron chi connectivity index (χ1n) is 7.05. The second kappa shape index (κ2) is 11.1. The quantitative estimate of drug-likeness (QED) is 0.382. The van der Waals surface area contributed by atoms with Gasteiger partial charge in [-0.25, -0.2) is 0 Å². The van der Waals surface area contributed by atoms with E-state index in [2.05, 4.69) is 9.78 Å². The molecule has 0 rings (SSSR count). The summed E-state index contributed by atoms with van der Waals surface area (Å²) in [5.41, 5.74) is 0. The molecule has 0 aliphatic rings. The van der Waals surface area contributed by atoms with Crippen molar-refractivity contribution < 1.29 is 38.3 Å². The van der Waals surface area contributed by atoms with Crippen LogP contribution in [-0.4, -0.2) is 52.0 Å². The lowest BCUT2D eigenvalue weighted by molar-refractivity contribution is -0.220. The van der Waals surface area contributed by atoms with Crippen LogP contribution in [0.15, 0.2) is 0 Å². The van der Waals surface area contributed by atoms with E-state index in [1.54, 1.807) is 14.2 Å². The van der Waals surface area contributed by atoms with Crippen LogP contribution >= 0.6 is 0 Å². The molecule has 4 unspecified atom stereocenters. The second-order valence-corrected chi connectivity index (χ2v) is 5.12. The van der Waals surface area contributed by atoms with Crippen LogP contribution in [0.4, 0.5) is 9.59 Å². The van der Waals surface area contributed by atoms with E-state index in [4.69, 9.17) is 18.9 Å². The average Bonchev–Trinajstić information content (AvgIpc) is 2.53. The van der Waals surface area contributed by atoms with Gasteiger partial charge in [0.1, 0.15) is 13.2 Å². The van der Waals surface area contributed by atoms with Crippen molar-refractivity contribution in [2.45, 2.75) is 39.9 Å². The SMILES string of the molecule is COC(C)C(C)COC(=O)OOC(=O)OCC(C)C(C)OC. The number of rotatable bonds is 8. The first-order chi connectivity index (χ1) is 10.3. The average molecular weight is 322 g/mol. The van der Waals surface area contributed by atoms with Gasteiger partial charge in [0.05, 0.1) is 12.2 Å². The summed E-state index contributed by atoms with van der Waals surface area (Å²) in [6, 6.07) is 0. The van der Waals surface area contributed by atoms with E-state index >= 15 is 0 Å². The third-order valence-corrected chi connectivity index (χ3v) is 3.45. The lowest BCUT2D eigenvalue weighted by Crippen LogP contribution is -2.25. The van der Waals surface area contributed by atoms with Gasteiger partial charge in [0.2, 0.25) is 0 Å². The summed E-state index contributed by atoms with van der Waals surface area (Å²) in [6.45, 7) is 7.53. The molecule has 0 aromatic carbocycles. The fraction of sp³-hybridized carbons (Fsp3) is 0.857. The predicted octanol–water partition coefficient (Wildman–Crippen LogP) is 2.55. The molecule has 0 fully saturated rings. The van der Waals surface area contributed by atoms with Gasteiger partial charge in [-0.2, -0.15) is 19.4 Å². The topological polar surface area (TPSA) is 89.5 Å². The monoisotopic (exact) mass is 322 g/mol. The third-order valence-electron chi connectivity index (χ3n) is 3.45. The summed E-state index contributed by atoms with van der Waals surface area (Å²) in [6.07, 6.45) is -2.40. The highest BCUT2D eigenvalue weighted by atomic mass is 17.3. The van der Waals surface area contributed by atoms with Gasteiger partial charge in [0, 0.05) is 26.1 Å². The molecular formula is C14H26O8. The molecule has 0 aromatic rings. The summed E-state index contributed by atoms with van der Waals surface area (Å²) in [5.74, 6) is -0.0539. The molecule has 0 aliphatic carbocycles. The van der Waals surface area contributed by atoms with Gasteiger partial charge in [0.15, 0.2) is 0 Å². The molecule has 0 radical (unpaired) electrons. The Balaban J connectivity index is 3.84. The second-order valence-electron chi connectivity index (χ2n) is 5.12. The number of hydrogen-bond acceptors (Lipinski definition) is 8. The molecule has 4 atom stereocenters. The van der Waals surface area contributed by atoms with Gasteiger partial charge in [-0.3, -0.25) is 0 Å². The van der Waals surface area contributed by atoms with E-state index in [9.17, 15) is 9.59 Å². The van der Waals surface area contributed by atoms with Gasteiger partial charge in [-0.1, -0.05) is 13.8 Å². The van der Waals surface area contributed by atoms with Crippen molar-refractivity contribution >= 4 is 12.3 Å². The van der Waals surface area contributed by atoms with Crippen LogP contribution in [0.25, 0.3) is 0 Å². The molecule has 0 saturated carbocycles. The highest BCUT2D eigenvalue weighted by Gasteiger charge is 2.18. The zero-order valence-electron chi connectivity index (χ0n) is 14.0. The van der Waals surface area contributed by atoms with Crippen LogP contribution < -0.4 is 0 Å². The molecule has 0 spiro atoms. The van der Waals surface area contributed by atoms with Crippen LogP contribution in [0.5, 0.6) is 0 Å². The maximum atomic E-state index is 11.2. The Morgan fingerprint density at radius 1 is 0.727 bits per heavy atom. The number of carbonyl (C=O) groups excluding carboxylic acids is 2. The van der Waals surface area contributed by atoms with Crippen molar-refractivity contribution in [2.24, 2.45) is 11.8 Å². The summed E-state index contributed by atoms with van der Waals surface area (Å²) in [5, 5.41) is 0. The molecule has 8 heteroatoms.